The summed E-state index contributed by atoms with van der Waals surface area (Å²) in [6, 6.07) is 5.44. The molecule has 1 aromatic heterocycles. The maximum absolute atomic E-state index is 11.0. The van der Waals surface area contributed by atoms with Crippen LogP contribution in [0, 0.1) is 0 Å². The van der Waals surface area contributed by atoms with Gasteiger partial charge in [-0.15, -0.1) is 0 Å². The predicted octanol–water partition coefficient (Wildman–Crippen LogP) is 3.08. The fourth-order valence-electron chi connectivity index (χ4n) is 1.33. The molecular weight excluding hydrogens is 306 g/mol. The zero-order valence-corrected chi connectivity index (χ0v) is 15.5. The molecule has 0 bridgehead atoms. The van der Waals surface area contributed by atoms with Crippen LogP contribution in [0.15, 0.2) is 18.2 Å². The van der Waals surface area contributed by atoms with E-state index in [0.29, 0.717) is 12.3 Å². The van der Waals surface area contributed by atoms with Gasteiger partial charge in [0.25, 0.3) is 10.1 Å². The lowest BCUT2D eigenvalue weighted by molar-refractivity contribution is 0.269. The summed E-state index contributed by atoms with van der Waals surface area (Å²) in [4.78, 5) is 4.37. The van der Waals surface area contributed by atoms with Crippen LogP contribution >= 0.6 is 0 Å². The van der Waals surface area contributed by atoms with Gasteiger partial charge < -0.3 is 4.43 Å². The molecule has 7 heteroatoms. The molecule has 0 fully saturated rings. The molecule has 0 saturated heterocycles. The molecule has 1 rings (SSSR count). The van der Waals surface area contributed by atoms with Crippen LogP contribution in [0.5, 0.6) is 0 Å². The number of nitrogens with zero attached hydrogens (tertiary/aromatic N) is 1. The SMILES string of the molecule is CC(C)(C)[Si](C)(C)OCc1cccc(COS(C)(=O)=O)n1. The summed E-state index contributed by atoms with van der Waals surface area (Å²) < 4.78 is 32.8. The molecule has 120 valence electrons. The number of hydrogen-bond acceptors (Lipinski definition) is 5. The van der Waals surface area contributed by atoms with Crippen LogP contribution in [0.3, 0.4) is 0 Å². The van der Waals surface area contributed by atoms with E-state index >= 15 is 0 Å². The van der Waals surface area contributed by atoms with Gasteiger partial charge in [0.1, 0.15) is 6.61 Å². The van der Waals surface area contributed by atoms with E-state index in [-0.39, 0.29) is 11.6 Å². The normalized spacial score (nSPS) is 13.4. The first kappa shape index (κ1) is 18.3. The molecule has 0 aliphatic carbocycles. The van der Waals surface area contributed by atoms with Crippen LogP contribution in [0.2, 0.25) is 18.1 Å². The van der Waals surface area contributed by atoms with Crippen molar-refractivity contribution in [1.29, 1.82) is 0 Å². The van der Waals surface area contributed by atoms with Crippen molar-refractivity contribution in [3.05, 3.63) is 29.6 Å². The Balaban J connectivity index is 2.69. The van der Waals surface area contributed by atoms with Gasteiger partial charge >= 0.3 is 0 Å². The average Bonchev–Trinajstić information content (AvgIpc) is 2.32. The van der Waals surface area contributed by atoms with Gasteiger partial charge in [0.05, 0.1) is 24.3 Å². The Labute approximate surface area is 129 Å². The van der Waals surface area contributed by atoms with E-state index in [4.69, 9.17) is 8.61 Å². The van der Waals surface area contributed by atoms with Gasteiger partial charge in [-0.3, -0.25) is 9.17 Å². The summed E-state index contributed by atoms with van der Waals surface area (Å²) in [6.07, 6.45) is 1.03. The molecule has 0 aliphatic heterocycles. The molecule has 0 unspecified atom stereocenters. The second-order valence-electron chi connectivity index (χ2n) is 6.64. The Morgan fingerprint density at radius 1 is 1.14 bits per heavy atom. The number of pyridine rings is 1. The lowest BCUT2D eigenvalue weighted by Crippen LogP contribution is -2.40. The second kappa shape index (κ2) is 6.56. The maximum atomic E-state index is 11.0. The molecule has 0 N–H and O–H groups in total. The summed E-state index contributed by atoms with van der Waals surface area (Å²) in [5.74, 6) is 0. The molecule has 0 aliphatic rings. The minimum absolute atomic E-state index is 0.0488. The van der Waals surface area contributed by atoms with Gasteiger partial charge in [0.15, 0.2) is 8.32 Å². The first-order valence-electron chi connectivity index (χ1n) is 6.84. The van der Waals surface area contributed by atoms with Gasteiger partial charge in [-0.1, -0.05) is 26.8 Å². The first-order valence-corrected chi connectivity index (χ1v) is 11.6. The van der Waals surface area contributed by atoms with E-state index in [1.54, 1.807) is 6.07 Å². The highest BCUT2D eigenvalue weighted by atomic mass is 32.2. The van der Waals surface area contributed by atoms with Gasteiger partial charge in [0.2, 0.25) is 0 Å². The van der Waals surface area contributed by atoms with Crippen LogP contribution in [-0.2, 0) is 31.9 Å². The minimum Gasteiger partial charge on any atom is -0.411 e. The Morgan fingerprint density at radius 3 is 2.14 bits per heavy atom. The predicted molar refractivity (Wildman–Crippen MR) is 85.9 cm³/mol. The average molecular weight is 332 g/mol. The highest BCUT2D eigenvalue weighted by molar-refractivity contribution is 7.85. The third kappa shape index (κ3) is 6.25. The molecular formula is C14H25NO4SSi. The summed E-state index contributed by atoms with van der Waals surface area (Å²) in [7, 11) is -5.28. The smallest absolute Gasteiger partial charge is 0.264 e. The molecule has 0 saturated carbocycles. The van der Waals surface area contributed by atoms with Gasteiger partial charge in [-0.2, -0.15) is 8.42 Å². The highest BCUT2D eigenvalue weighted by Crippen LogP contribution is 2.36. The molecule has 0 amide bonds. The lowest BCUT2D eigenvalue weighted by Gasteiger charge is -2.36. The maximum Gasteiger partial charge on any atom is 0.264 e. The summed E-state index contributed by atoms with van der Waals surface area (Å²) in [5, 5.41) is 0.143. The zero-order valence-electron chi connectivity index (χ0n) is 13.6. The summed E-state index contributed by atoms with van der Waals surface area (Å²) in [5.41, 5.74) is 1.37. The Morgan fingerprint density at radius 2 is 1.67 bits per heavy atom. The molecule has 0 atom stereocenters. The van der Waals surface area contributed by atoms with E-state index in [1.807, 2.05) is 12.1 Å². The largest absolute Gasteiger partial charge is 0.411 e. The van der Waals surface area contributed by atoms with Crippen molar-refractivity contribution in [3.63, 3.8) is 0 Å². The minimum atomic E-state index is -3.45. The monoisotopic (exact) mass is 331 g/mol. The highest BCUT2D eigenvalue weighted by Gasteiger charge is 2.37. The van der Waals surface area contributed by atoms with Crippen molar-refractivity contribution in [1.82, 2.24) is 4.98 Å². The molecule has 1 aromatic rings. The van der Waals surface area contributed by atoms with Crippen molar-refractivity contribution in [2.75, 3.05) is 6.26 Å². The van der Waals surface area contributed by atoms with E-state index in [1.165, 1.54) is 0 Å². The van der Waals surface area contributed by atoms with E-state index < -0.39 is 18.4 Å². The van der Waals surface area contributed by atoms with Gasteiger partial charge in [-0.05, 0) is 30.3 Å². The molecule has 1 heterocycles. The van der Waals surface area contributed by atoms with Crippen LogP contribution in [-0.4, -0.2) is 28.0 Å². The number of rotatable bonds is 6. The van der Waals surface area contributed by atoms with Gasteiger partial charge in [0, 0.05) is 0 Å². The van der Waals surface area contributed by atoms with Crippen molar-refractivity contribution >= 4 is 18.4 Å². The van der Waals surface area contributed by atoms with Crippen LogP contribution in [0.1, 0.15) is 32.2 Å². The van der Waals surface area contributed by atoms with E-state index in [0.717, 1.165) is 11.9 Å². The third-order valence-corrected chi connectivity index (χ3v) is 8.70. The zero-order chi connectivity index (χ0) is 16.3. The standard InChI is InChI=1S/C14H25NO4SSi/c1-14(2,3)21(5,6)19-11-13-9-7-8-12(15-13)10-18-20(4,16)17/h7-9H,10-11H2,1-6H3. The quantitative estimate of drug-likeness (QED) is 0.592. The van der Waals surface area contributed by atoms with Crippen LogP contribution in [0.4, 0.5) is 0 Å². The summed E-state index contributed by atoms with van der Waals surface area (Å²) in [6.45, 7) is 11.3. The lowest BCUT2D eigenvalue weighted by atomic mass is 10.2. The number of hydrogen-bond donors (Lipinski definition) is 0. The van der Waals surface area contributed by atoms with Crippen molar-refractivity contribution in [2.45, 2.75) is 52.1 Å². The molecule has 0 radical (unpaired) electrons. The molecule has 21 heavy (non-hydrogen) atoms. The van der Waals surface area contributed by atoms with Crippen molar-refractivity contribution < 1.29 is 17.0 Å². The van der Waals surface area contributed by atoms with Crippen molar-refractivity contribution in [2.24, 2.45) is 0 Å². The van der Waals surface area contributed by atoms with Crippen LogP contribution in [0.25, 0.3) is 0 Å². The second-order valence-corrected chi connectivity index (χ2v) is 13.1. The topological polar surface area (TPSA) is 65.5 Å². The van der Waals surface area contributed by atoms with E-state index in [9.17, 15) is 8.42 Å². The van der Waals surface area contributed by atoms with Crippen molar-refractivity contribution in [3.8, 4) is 0 Å². The number of aromatic nitrogens is 1. The molecule has 0 aromatic carbocycles. The molecule has 5 nitrogen and oxygen atoms in total. The summed E-state index contributed by atoms with van der Waals surface area (Å²) >= 11 is 0. The molecule has 0 spiro atoms. The Bertz CT molecular complexity index is 579. The first-order chi connectivity index (χ1) is 9.41. The third-order valence-electron chi connectivity index (χ3n) is 3.67. The van der Waals surface area contributed by atoms with Gasteiger partial charge in [-0.25, -0.2) is 0 Å². The fraction of sp³-hybridized carbons (Fsp3) is 0.643. The van der Waals surface area contributed by atoms with E-state index in [2.05, 4.69) is 38.8 Å². The fourth-order valence-corrected chi connectivity index (χ4v) is 2.60. The van der Waals surface area contributed by atoms with Crippen LogP contribution < -0.4 is 0 Å². The Kier molecular flexibility index (Phi) is 5.71. The Hall–Kier alpha value is -0.763.